The number of aryl methyl sites for hydroxylation is 1. The second-order valence-corrected chi connectivity index (χ2v) is 5.30. The van der Waals surface area contributed by atoms with Crippen LogP contribution in [0.2, 0.25) is 0 Å². The minimum atomic E-state index is -0.0229. The van der Waals surface area contributed by atoms with Crippen molar-refractivity contribution in [1.82, 2.24) is 0 Å². The number of amides is 1. The highest BCUT2D eigenvalue weighted by atomic mass is 16.5. The van der Waals surface area contributed by atoms with Crippen molar-refractivity contribution < 1.29 is 14.3 Å². The molecular weight excluding hydrogens is 304 g/mol. The van der Waals surface area contributed by atoms with Crippen molar-refractivity contribution in [2.75, 3.05) is 31.4 Å². The third-order valence-corrected chi connectivity index (χ3v) is 3.75. The number of hydrogen-bond acceptors (Lipinski definition) is 4. The molecule has 2 N–H and O–H groups in total. The monoisotopic (exact) mass is 328 g/mol. The molecule has 128 valence electrons. The summed E-state index contributed by atoms with van der Waals surface area (Å²) in [5, 5.41) is 6.18. The van der Waals surface area contributed by atoms with Gasteiger partial charge in [-0.2, -0.15) is 0 Å². The lowest BCUT2D eigenvalue weighted by atomic mass is 10.1. The lowest BCUT2D eigenvalue weighted by Gasteiger charge is -2.13. The Labute approximate surface area is 143 Å². The fourth-order valence-electron chi connectivity index (χ4n) is 2.43. The Kier molecular flexibility index (Phi) is 6.49. The molecule has 2 rings (SSSR count). The Morgan fingerprint density at radius 1 is 1.04 bits per heavy atom. The fraction of sp³-hybridized carbons (Fsp3) is 0.316. The summed E-state index contributed by atoms with van der Waals surface area (Å²) in [5.74, 6) is 1.43. The van der Waals surface area contributed by atoms with Gasteiger partial charge in [0, 0.05) is 24.7 Å². The van der Waals surface area contributed by atoms with Crippen LogP contribution in [0.25, 0.3) is 0 Å². The Bertz CT molecular complexity index is 686. The summed E-state index contributed by atoms with van der Waals surface area (Å²) < 4.78 is 10.5. The minimum absolute atomic E-state index is 0.0229. The minimum Gasteiger partial charge on any atom is -0.497 e. The van der Waals surface area contributed by atoms with Crippen LogP contribution < -0.4 is 20.1 Å². The zero-order chi connectivity index (χ0) is 17.4. The first-order valence-corrected chi connectivity index (χ1v) is 8.01. The predicted octanol–water partition coefficient (Wildman–Crippen LogP) is 3.71. The van der Waals surface area contributed by atoms with E-state index in [9.17, 15) is 4.79 Å². The summed E-state index contributed by atoms with van der Waals surface area (Å²) in [4.78, 5) is 12.1. The predicted molar refractivity (Wildman–Crippen MR) is 97.1 cm³/mol. The lowest BCUT2D eigenvalue weighted by molar-refractivity contribution is -0.115. The lowest BCUT2D eigenvalue weighted by Crippen LogP contribution is -2.17. The van der Waals surface area contributed by atoms with Gasteiger partial charge in [-0.3, -0.25) is 4.79 Å². The molecule has 0 atom stereocenters. The molecule has 0 aromatic heterocycles. The average Bonchev–Trinajstić information content (AvgIpc) is 2.62. The Balaban J connectivity index is 1.91. The average molecular weight is 328 g/mol. The first-order valence-electron chi connectivity index (χ1n) is 8.01. The molecule has 0 fully saturated rings. The highest BCUT2D eigenvalue weighted by molar-refractivity contribution is 5.91. The topological polar surface area (TPSA) is 59.6 Å². The quantitative estimate of drug-likeness (QED) is 0.775. The number of ether oxygens (including phenoxy) is 2. The fourth-order valence-corrected chi connectivity index (χ4v) is 2.43. The van der Waals surface area contributed by atoms with Crippen molar-refractivity contribution in [3.05, 3.63) is 48.0 Å². The number of rotatable bonds is 8. The highest BCUT2D eigenvalue weighted by Gasteiger charge is 2.08. The molecule has 0 spiro atoms. The molecule has 24 heavy (non-hydrogen) atoms. The molecule has 2 aromatic carbocycles. The van der Waals surface area contributed by atoms with Crippen LogP contribution in [-0.2, 0) is 11.2 Å². The maximum Gasteiger partial charge on any atom is 0.226 e. The van der Waals surface area contributed by atoms with E-state index in [1.54, 1.807) is 14.2 Å². The Morgan fingerprint density at radius 2 is 1.83 bits per heavy atom. The zero-order valence-corrected chi connectivity index (χ0v) is 14.4. The van der Waals surface area contributed by atoms with E-state index in [0.29, 0.717) is 18.7 Å². The Hall–Kier alpha value is -2.69. The number of carbonyl (C=O) groups excluding carboxylic acids is 1. The van der Waals surface area contributed by atoms with Gasteiger partial charge in [0.15, 0.2) is 0 Å². The van der Waals surface area contributed by atoms with E-state index in [-0.39, 0.29) is 5.91 Å². The molecule has 0 heterocycles. The number of para-hydroxylation sites is 1. The van der Waals surface area contributed by atoms with Crippen LogP contribution in [0, 0.1) is 0 Å². The van der Waals surface area contributed by atoms with E-state index in [1.807, 2.05) is 42.5 Å². The van der Waals surface area contributed by atoms with Gasteiger partial charge in [0.2, 0.25) is 5.91 Å². The van der Waals surface area contributed by atoms with Crippen LogP contribution in [0.1, 0.15) is 18.9 Å². The summed E-state index contributed by atoms with van der Waals surface area (Å²) in [7, 11) is 3.23. The maximum absolute atomic E-state index is 12.1. The largest absolute Gasteiger partial charge is 0.497 e. The molecule has 0 radical (unpaired) electrons. The molecule has 0 unspecified atom stereocenters. The first kappa shape index (κ1) is 17.7. The second-order valence-electron chi connectivity index (χ2n) is 5.30. The highest BCUT2D eigenvalue weighted by Crippen LogP contribution is 2.28. The van der Waals surface area contributed by atoms with E-state index >= 15 is 0 Å². The molecule has 1 amide bonds. The molecule has 5 heteroatoms. The second kappa shape index (κ2) is 8.82. The zero-order valence-electron chi connectivity index (χ0n) is 14.4. The van der Waals surface area contributed by atoms with Crippen LogP contribution in [0.5, 0.6) is 11.5 Å². The van der Waals surface area contributed by atoms with Crippen LogP contribution in [0.3, 0.4) is 0 Å². The first-order chi connectivity index (χ1) is 11.7. The SMILES string of the molecule is CCc1ccccc1NC(=O)CCNc1cc(OC)ccc1OC. The van der Waals surface area contributed by atoms with Gasteiger partial charge in [0.25, 0.3) is 0 Å². The molecule has 0 bridgehead atoms. The molecule has 2 aromatic rings. The number of carbonyl (C=O) groups is 1. The summed E-state index contributed by atoms with van der Waals surface area (Å²) in [5.41, 5.74) is 2.82. The number of anilines is 2. The third kappa shape index (κ3) is 4.65. The van der Waals surface area contributed by atoms with Gasteiger partial charge in [-0.25, -0.2) is 0 Å². The van der Waals surface area contributed by atoms with Crippen molar-refractivity contribution in [3.8, 4) is 11.5 Å². The number of hydrogen-bond donors (Lipinski definition) is 2. The molecule has 0 aliphatic heterocycles. The molecule has 0 saturated heterocycles. The molecule has 5 nitrogen and oxygen atoms in total. The van der Waals surface area contributed by atoms with E-state index in [0.717, 1.165) is 29.1 Å². The normalized spacial score (nSPS) is 10.1. The molecular formula is C19H24N2O3. The standard InChI is InChI=1S/C19H24N2O3/c1-4-14-7-5-6-8-16(14)21-19(22)11-12-20-17-13-15(23-2)9-10-18(17)24-3/h5-10,13,20H,4,11-12H2,1-3H3,(H,21,22). The van der Waals surface area contributed by atoms with Gasteiger partial charge in [-0.05, 0) is 30.2 Å². The number of benzene rings is 2. The van der Waals surface area contributed by atoms with E-state index < -0.39 is 0 Å². The van der Waals surface area contributed by atoms with Gasteiger partial charge >= 0.3 is 0 Å². The molecule has 0 aliphatic rings. The van der Waals surface area contributed by atoms with Crippen molar-refractivity contribution in [1.29, 1.82) is 0 Å². The maximum atomic E-state index is 12.1. The van der Waals surface area contributed by atoms with E-state index in [2.05, 4.69) is 17.6 Å². The summed E-state index contributed by atoms with van der Waals surface area (Å²) >= 11 is 0. The van der Waals surface area contributed by atoms with Crippen LogP contribution in [0.4, 0.5) is 11.4 Å². The molecule has 0 aliphatic carbocycles. The van der Waals surface area contributed by atoms with Crippen LogP contribution in [-0.4, -0.2) is 26.7 Å². The van der Waals surface area contributed by atoms with Crippen LogP contribution >= 0.6 is 0 Å². The third-order valence-electron chi connectivity index (χ3n) is 3.75. The smallest absolute Gasteiger partial charge is 0.226 e. The van der Waals surface area contributed by atoms with Crippen molar-refractivity contribution in [2.45, 2.75) is 19.8 Å². The van der Waals surface area contributed by atoms with Crippen LogP contribution in [0.15, 0.2) is 42.5 Å². The van der Waals surface area contributed by atoms with Crippen molar-refractivity contribution >= 4 is 17.3 Å². The van der Waals surface area contributed by atoms with Gasteiger partial charge in [-0.1, -0.05) is 25.1 Å². The summed E-state index contributed by atoms with van der Waals surface area (Å²) in [6.07, 6.45) is 1.24. The summed E-state index contributed by atoms with van der Waals surface area (Å²) in [6, 6.07) is 13.4. The van der Waals surface area contributed by atoms with Gasteiger partial charge in [-0.15, -0.1) is 0 Å². The summed E-state index contributed by atoms with van der Waals surface area (Å²) in [6.45, 7) is 2.57. The Morgan fingerprint density at radius 3 is 2.54 bits per heavy atom. The van der Waals surface area contributed by atoms with Gasteiger partial charge in [0.05, 0.1) is 19.9 Å². The van der Waals surface area contributed by atoms with Gasteiger partial charge in [0.1, 0.15) is 11.5 Å². The van der Waals surface area contributed by atoms with Crippen molar-refractivity contribution in [3.63, 3.8) is 0 Å². The molecule has 0 saturated carbocycles. The van der Waals surface area contributed by atoms with E-state index in [4.69, 9.17) is 9.47 Å². The number of nitrogens with one attached hydrogen (secondary N) is 2. The number of methoxy groups -OCH3 is 2. The van der Waals surface area contributed by atoms with Gasteiger partial charge < -0.3 is 20.1 Å². The van der Waals surface area contributed by atoms with E-state index in [1.165, 1.54) is 0 Å². The van der Waals surface area contributed by atoms with Crippen molar-refractivity contribution in [2.24, 2.45) is 0 Å².